The van der Waals surface area contributed by atoms with Crippen molar-refractivity contribution in [3.63, 3.8) is 0 Å². The van der Waals surface area contributed by atoms with Gasteiger partial charge in [0.05, 0.1) is 11.2 Å². The Morgan fingerprint density at radius 1 is 1.50 bits per heavy atom. The Kier molecular flexibility index (Phi) is 3.55. The van der Waals surface area contributed by atoms with Gasteiger partial charge in [0.15, 0.2) is 0 Å². The Balaban J connectivity index is 2.78. The van der Waals surface area contributed by atoms with Crippen molar-refractivity contribution >= 4 is 11.6 Å². The van der Waals surface area contributed by atoms with Crippen LogP contribution in [0.4, 0.5) is 5.69 Å². The van der Waals surface area contributed by atoms with Crippen molar-refractivity contribution in [1.82, 2.24) is 5.32 Å². The lowest BCUT2D eigenvalue weighted by Gasteiger charge is -2.18. The number of para-hydroxylation sites is 1. The van der Waals surface area contributed by atoms with Crippen molar-refractivity contribution in [2.75, 3.05) is 12.3 Å². The van der Waals surface area contributed by atoms with Crippen LogP contribution in [0.5, 0.6) is 0 Å². The molecule has 0 fully saturated rings. The summed E-state index contributed by atoms with van der Waals surface area (Å²) >= 11 is 0. The summed E-state index contributed by atoms with van der Waals surface area (Å²) in [5.74, 6) is -0.261. The summed E-state index contributed by atoms with van der Waals surface area (Å²) in [6.45, 7) is 5.31. The molecule has 0 aliphatic carbocycles. The van der Waals surface area contributed by atoms with E-state index in [2.05, 4.69) is 5.32 Å². The normalized spacial score (nSPS) is 11.2. The van der Waals surface area contributed by atoms with Gasteiger partial charge >= 0.3 is 0 Å². The van der Waals surface area contributed by atoms with Gasteiger partial charge < -0.3 is 16.2 Å². The maximum atomic E-state index is 11.8. The minimum atomic E-state index is -0.922. The van der Waals surface area contributed by atoms with Crippen LogP contribution in [0.3, 0.4) is 0 Å². The number of nitrogens with two attached hydrogens (primary N) is 1. The molecule has 0 heterocycles. The molecule has 4 nitrogen and oxygen atoms in total. The summed E-state index contributed by atoms with van der Waals surface area (Å²) < 4.78 is 0. The lowest BCUT2D eigenvalue weighted by atomic mass is 10.1. The van der Waals surface area contributed by atoms with E-state index in [1.165, 1.54) is 0 Å². The summed E-state index contributed by atoms with van der Waals surface area (Å²) in [5.41, 5.74) is 6.68. The monoisotopic (exact) mass is 222 g/mol. The third kappa shape index (κ3) is 3.24. The first kappa shape index (κ1) is 12.5. The van der Waals surface area contributed by atoms with Crippen LogP contribution in [-0.2, 0) is 0 Å². The molecule has 0 unspecified atom stereocenters. The van der Waals surface area contributed by atoms with E-state index in [0.29, 0.717) is 11.3 Å². The summed E-state index contributed by atoms with van der Waals surface area (Å²) in [5, 5.41) is 12.1. The van der Waals surface area contributed by atoms with Gasteiger partial charge in [-0.15, -0.1) is 0 Å². The average molecular weight is 222 g/mol. The molecule has 0 radical (unpaired) electrons. The Labute approximate surface area is 95.5 Å². The van der Waals surface area contributed by atoms with Gasteiger partial charge in [-0.25, -0.2) is 0 Å². The van der Waals surface area contributed by atoms with E-state index in [9.17, 15) is 9.90 Å². The minimum absolute atomic E-state index is 0.194. The number of hydrogen-bond donors (Lipinski definition) is 3. The summed E-state index contributed by atoms with van der Waals surface area (Å²) in [6, 6.07) is 5.30. The molecule has 4 N–H and O–H groups in total. The van der Waals surface area contributed by atoms with Crippen LogP contribution in [0, 0.1) is 6.92 Å². The lowest BCUT2D eigenvalue weighted by molar-refractivity contribution is 0.0694. The second kappa shape index (κ2) is 4.53. The Morgan fingerprint density at radius 2 is 2.12 bits per heavy atom. The van der Waals surface area contributed by atoms with Crippen LogP contribution >= 0.6 is 0 Å². The highest BCUT2D eigenvalue weighted by molar-refractivity contribution is 5.99. The van der Waals surface area contributed by atoms with Gasteiger partial charge in [-0.1, -0.05) is 12.1 Å². The second-order valence-electron chi connectivity index (χ2n) is 4.53. The topological polar surface area (TPSA) is 75.3 Å². The number of carbonyl (C=O) groups excluding carboxylic acids is 1. The molecule has 0 atom stereocenters. The SMILES string of the molecule is Cc1cccc(C(=O)NCC(C)(C)O)c1N. The zero-order chi connectivity index (χ0) is 12.3. The number of aryl methyl sites for hydroxylation is 1. The smallest absolute Gasteiger partial charge is 0.253 e. The number of benzene rings is 1. The van der Waals surface area contributed by atoms with Crippen LogP contribution in [0.15, 0.2) is 18.2 Å². The van der Waals surface area contributed by atoms with Crippen molar-refractivity contribution in [1.29, 1.82) is 0 Å². The molecule has 0 bridgehead atoms. The molecule has 0 saturated carbocycles. The molecule has 1 aromatic rings. The quantitative estimate of drug-likeness (QED) is 0.670. The van der Waals surface area contributed by atoms with Crippen molar-refractivity contribution in [3.8, 4) is 0 Å². The molecule has 4 heteroatoms. The highest BCUT2D eigenvalue weighted by Crippen LogP contribution is 2.16. The summed E-state index contributed by atoms with van der Waals surface area (Å²) in [7, 11) is 0. The summed E-state index contributed by atoms with van der Waals surface area (Å²) in [6.07, 6.45) is 0. The molecule has 1 aromatic carbocycles. The maximum absolute atomic E-state index is 11.8. The van der Waals surface area contributed by atoms with Gasteiger partial charge in [-0.2, -0.15) is 0 Å². The number of hydrogen-bond acceptors (Lipinski definition) is 3. The zero-order valence-corrected chi connectivity index (χ0v) is 9.87. The average Bonchev–Trinajstić information content (AvgIpc) is 2.17. The highest BCUT2D eigenvalue weighted by Gasteiger charge is 2.16. The molecule has 0 aliphatic heterocycles. The first-order valence-electron chi connectivity index (χ1n) is 5.17. The van der Waals surface area contributed by atoms with E-state index in [0.717, 1.165) is 5.56 Å². The second-order valence-corrected chi connectivity index (χ2v) is 4.53. The minimum Gasteiger partial charge on any atom is -0.398 e. The predicted octanol–water partition coefficient (Wildman–Crippen LogP) is 1.08. The van der Waals surface area contributed by atoms with E-state index < -0.39 is 5.60 Å². The van der Waals surface area contributed by atoms with E-state index in [4.69, 9.17) is 5.73 Å². The van der Waals surface area contributed by atoms with Crippen LogP contribution in [0.1, 0.15) is 29.8 Å². The molecular formula is C12H18N2O2. The predicted molar refractivity (Wildman–Crippen MR) is 64.2 cm³/mol. The van der Waals surface area contributed by atoms with Gasteiger partial charge in [0.25, 0.3) is 5.91 Å². The van der Waals surface area contributed by atoms with Crippen molar-refractivity contribution < 1.29 is 9.90 Å². The summed E-state index contributed by atoms with van der Waals surface area (Å²) in [4.78, 5) is 11.8. The van der Waals surface area contributed by atoms with Crippen LogP contribution in [0.25, 0.3) is 0 Å². The fraction of sp³-hybridized carbons (Fsp3) is 0.417. The lowest BCUT2D eigenvalue weighted by Crippen LogP contribution is -2.38. The van der Waals surface area contributed by atoms with Crippen molar-refractivity contribution in [2.24, 2.45) is 0 Å². The van der Waals surface area contributed by atoms with Crippen LogP contribution in [-0.4, -0.2) is 23.2 Å². The van der Waals surface area contributed by atoms with Gasteiger partial charge in [0.2, 0.25) is 0 Å². The van der Waals surface area contributed by atoms with Crippen molar-refractivity contribution in [3.05, 3.63) is 29.3 Å². The van der Waals surface area contributed by atoms with Gasteiger partial charge in [0, 0.05) is 12.2 Å². The zero-order valence-electron chi connectivity index (χ0n) is 9.87. The highest BCUT2D eigenvalue weighted by atomic mass is 16.3. The number of carbonyl (C=O) groups is 1. The number of nitrogen functional groups attached to an aromatic ring is 1. The Morgan fingerprint density at radius 3 is 2.69 bits per heavy atom. The van der Waals surface area contributed by atoms with Crippen molar-refractivity contribution in [2.45, 2.75) is 26.4 Å². The third-order valence-electron chi connectivity index (χ3n) is 2.25. The van der Waals surface area contributed by atoms with E-state index in [1.54, 1.807) is 26.0 Å². The third-order valence-corrected chi connectivity index (χ3v) is 2.25. The number of rotatable bonds is 3. The molecule has 0 saturated heterocycles. The van der Waals surface area contributed by atoms with E-state index >= 15 is 0 Å². The van der Waals surface area contributed by atoms with Crippen LogP contribution < -0.4 is 11.1 Å². The molecular weight excluding hydrogens is 204 g/mol. The maximum Gasteiger partial charge on any atom is 0.253 e. The Bertz CT molecular complexity index is 394. The van der Waals surface area contributed by atoms with Gasteiger partial charge in [-0.3, -0.25) is 4.79 Å². The fourth-order valence-corrected chi connectivity index (χ4v) is 1.27. The molecule has 0 spiro atoms. The van der Waals surface area contributed by atoms with Crippen LogP contribution in [0.2, 0.25) is 0 Å². The molecule has 1 amide bonds. The largest absolute Gasteiger partial charge is 0.398 e. The standard InChI is InChI=1S/C12H18N2O2/c1-8-5-4-6-9(10(8)13)11(15)14-7-12(2,3)16/h4-6,16H,7,13H2,1-3H3,(H,14,15). The van der Waals surface area contributed by atoms with Gasteiger partial charge in [-0.05, 0) is 32.4 Å². The molecule has 1 rings (SSSR count). The van der Waals surface area contributed by atoms with E-state index in [1.807, 2.05) is 13.0 Å². The first-order chi connectivity index (χ1) is 7.31. The first-order valence-corrected chi connectivity index (χ1v) is 5.17. The number of nitrogens with one attached hydrogen (secondary N) is 1. The molecule has 16 heavy (non-hydrogen) atoms. The Hall–Kier alpha value is -1.55. The molecule has 0 aliphatic rings. The van der Waals surface area contributed by atoms with E-state index in [-0.39, 0.29) is 12.5 Å². The van der Waals surface area contributed by atoms with Gasteiger partial charge in [0.1, 0.15) is 0 Å². The number of anilines is 1. The number of amides is 1. The molecule has 0 aromatic heterocycles. The fourth-order valence-electron chi connectivity index (χ4n) is 1.27. The number of aliphatic hydroxyl groups is 1. The molecule has 88 valence electrons.